The molecule has 0 amide bonds. The molecule has 0 saturated carbocycles. The zero-order valence-electron chi connectivity index (χ0n) is 10.7. The van der Waals surface area contributed by atoms with Crippen molar-refractivity contribution >= 4 is 5.65 Å². The lowest BCUT2D eigenvalue weighted by Gasteiger charge is -2.04. The summed E-state index contributed by atoms with van der Waals surface area (Å²) in [6.07, 6.45) is 3.01. The quantitative estimate of drug-likeness (QED) is 0.707. The standard InChI is InChI=1S/C15H16N4/c1-2-6-13(7-3-1)9-10-16-12-15-18-17-14-8-4-5-11-19(14)15/h1-8,11,16H,9-10,12H2. The van der Waals surface area contributed by atoms with Crippen LogP contribution in [-0.2, 0) is 13.0 Å². The van der Waals surface area contributed by atoms with Crippen LogP contribution in [0.25, 0.3) is 5.65 Å². The number of nitrogens with one attached hydrogen (secondary N) is 1. The Balaban J connectivity index is 1.55. The normalized spacial score (nSPS) is 10.9. The van der Waals surface area contributed by atoms with Gasteiger partial charge in [-0.1, -0.05) is 36.4 Å². The molecule has 0 bridgehead atoms. The summed E-state index contributed by atoms with van der Waals surface area (Å²) < 4.78 is 2.01. The van der Waals surface area contributed by atoms with E-state index in [1.807, 2.05) is 34.9 Å². The third-order valence-electron chi connectivity index (χ3n) is 3.10. The lowest BCUT2D eigenvalue weighted by Crippen LogP contribution is -2.18. The summed E-state index contributed by atoms with van der Waals surface area (Å²) in [6.45, 7) is 1.67. The van der Waals surface area contributed by atoms with Crippen molar-refractivity contribution in [2.45, 2.75) is 13.0 Å². The van der Waals surface area contributed by atoms with Gasteiger partial charge in [-0.2, -0.15) is 0 Å². The molecular weight excluding hydrogens is 236 g/mol. The van der Waals surface area contributed by atoms with Crippen molar-refractivity contribution in [3.8, 4) is 0 Å². The highest BCUT2D eigenvalue weighted by molar-refractivity contribution is 5.36. The van der Waals surface area contributed by atoms with E-state index in [2.05, 4.69) is 39.8 Å². The SMILES string of the molecule is c1ccc(CCNCc2nnc3ccccn23)cc1. The number of nitrogens with zero attached hydrogens (tertiary/aromatic N) is 3. The summed E-state index contributed by atoms with van der Waals surface area (Å²) in [4.78, 5) is 0. The Labute approximate surface area is 112 Å². The van der Waals surface area contributed by atoms with Gasteiger partial charge in [0.15, 0.2) is 11.5 Å². The van der Waals surface area contributed by atoms with Gasteiger partial charge in [0, 0.05) is 6.20 Å². The van der Waals surface area contributed by atoms with Gasteiger partial charge in [-0.05, 0) is 30.7 Å². The number of fused-ring (bicyclic) bond motifs is 1. The summed E-state index contributed by atoms with van der Waals surface area (Å²) in [5, 5.41) is 11.7. The molecule has 0 spiro atoms. The number of pyridine rings is 1. The van der Waals surface area contributed by atoms with Crippen LogP contribution in [0.15, 0.2) is 54.7 Å². The Morgan fingerprint density at radius 2 is 1.79 bits per heavy atom. The maximum Gasteiger partial charge on any atom is 0.160 e. The van der Waals surface area contributed by atoms with Crippen molar-refractivity contribution in [1.29, 1.82) is 0 Å². The predicted octanol–water partition coefficient (Wildman–Crippen LogP) is 2.06. The number of benzene rings is 1. The molecule has 0 radical (unpaired) electrons. The van der Waals surface area contributed by atoms with E-state index in [0.717, 1.165) is 31.0 Å². The first-order valence-electron chi connectivity index (χ1n) is 6.47. The number of rotatable bonds is 5. The molecule has 2 heterocycles. The van der Waals surface area contributed by atoms with Crippen molar-refractivity contribution in [2.24, 2.45) is 0 Å². The van der Waals surface area contributed by atoms with Crippen molar-refractivity contribution in [2.75, 3.05) is 6.54 Å². The van der Waals surface area contributed by atoms with Crippen LogP contribution in [0.4, 0.5) is 0 Å². The van der Waals surface area contributed by atoms with E-state index in [0.29, 0.717) is 0 Å². The van der Waals surface area contributed by atoms with E-state index in [4.69, 9.17) is 0 Å². The molecule has 0 fully saturated rings. The molecule has 0 unspecified atom stereocenters. The summed E-state index contributed by atoms with van der Waals surface area (Å²) >= 11 is 0. The molecule has 0 aliphatic heterocycles. The van der Waals surface area contributed by atoms with Crippen molar-refractivity contribution < 1.29 is 0 Å². The van der Waals surface area contributed by atoms with E-state index in [-0.39, 0.29) is 0 Å². The third-order valence-corrected chi connectivity index (χ3v) is 3.10. The van der Waals surface area contributed by atoms with Crippen LogP contribution in [0.1, 0.15) is 11.4 Å². The van der Waals surface area contributed by atoms with Crippen LogP contribution in [0, 0.1) is 0 Å². The van der Waals surface area contributed by atoms with Crippen LogP contribution in [-0.4, -0.2) is 21.1 Å². The molecule has 96 valence electrons. The van der Waals surface area contributed by atoms with Gasteiger partial charge in [0.05, 0.1) is 6.54 Å². The summed E-state index contributed by atoms with van der Waals surface area (Å²) in [6, 6.07) is 16.4. The van der Waals surface area contributed by atoms with Crippen LogP contribution in [0.5, 0.6) is 0 Å². The highest BCUT2D eigenvalue weighted by atomic mass is 15.3. The summed E-state index contributed by atoms with van der Waals surface area (Å²) in [5.74, 6) is 0.948. The maximum absolute atomic E-state index is 4.19. The third kappa shape index (κ3) is 2.80. The molecule has 3 aromatic rings. The van der Waals surface area contributed by atoms with Crippen molar-refractivity contribution in [1.82, 2.24) is 19.9 Å². The second-order valence-electron chi connectivity index (χ2n) is 4.46. The zero-order chi connectivity index (χ0) is 12.9. The van der Waals surface area contributed by atoms with Gasteiger partial charge in [-0.25, -0.2) is 0 Å². The first-order chi connectivity index (χ1) is 9.43. The topological polar surface area (TPSA) is 42.2 Å². The Kier molecular flexibility index (Phi) is 3.51. The fourth-order valence-corrected chi connectivity index (χ4v) is 2.09. The molecule has 4 heteroatoms. The Hall–Kier alpha value is -2.20. The summed E-state index contributed by atoms with van der Waals surface area (Å²) in [5.41, 5.74) is 2.24. The Morgan fingerprint density at radius 1 is 0.947 bits per heavy atom. The molecular formula is C15H16N4. The second-order valence-corrected chi connectivity index (χ2v) is 4.46. The number of hydrogen-bond donors (Lipinski definition) is 1. The van der Waals surface area contributed by atoms with Crippen LogP contribution >= 0.6 is 0 Å². The minimum atomic E-state index is 0.734. The van der Waals surface area contributed by atoms with E-state index < -0.39 is 0 Å². The smallest absolute Gasteiger partial charge is 0.160 e. The maximum atomic E-state index is 4.19. The van der Waals surface area contributed by atoms with E-state index in [9.17, 15) is 0 Å². The van der Waals surface area contributed by atoms with Gasteiger partial charge >= 0.3 is 0 Å². The average Bonchev–Trinajstić information content (AvgIpc) is 2.88. The van der Waals surface area contributed by atoms with Crippen LogP contribution in [0.2, 0.25) is 0 Å². The van der Waals surface area contributed by atoms with Crippen molar-refractivity contribution in [3.63, 3.8) is 0 Å². The molecule has 2 aromatic heterocycles. The van der Waals surface area contributed by atoms with Gasteiger partial charge in [0.25, 0.3) is 0 Å². The lowest BCUT2D eigenvalue weighted by molar-refractivity contribution is 0.654. The molecule has 0 saturated heterocycles. The van der Waals surface area contributed by atoms with Gasteiger partial charge < -0.3 is 5.32 Å². The van der Waals surface area contributed by atoms with Gasteiger partial charge in [-0.15, -0.1) is 10.2 Å². The second kappa shape index (κ2) is 5.63. The van der Waals surface area contributed by atoms with E-state index in [1.165, 1.54) is 5.56 Å². The molecule has 0 aliphatic rings. The molecule has 1 N–H and O–H groups in total. The van der Waals surface area contributed by atoms with Crippen LogP contribution in [0.3, 0.4) is 0 Å². The first kappa shape index (κ1) is 11.9. The van der Waals surface area contributed by atoms with Gasteiger partial charge in [0.2, 0.25) is 0 Å². The first-order valence-corrected chi connectivity index (χ1v) is 6.47. The van der Waals surface area contributed by atoms with Gasteiger partial charge in [-0.3, -0.25) is 4.40 Å². The monoisotopic (exact) mass is 252 g/mol. The largest absolute Gasteiger partial charge is 0.309 e. The Morgan fingerprint density at radius 3 is 2.68 bits per heavy atom. The van der Waals surface area contributed by atoms with E-state index >= 15 is 0 Å². The molecule has 3 rings (SSSR count). The minimum Gasteiger partial charge on any atom is -0.309 e. The molecule has 4 nitrogen and oxygen atoms in total. The fourth-order valence-electron chi connectivity index (χ4n) is 2.09. The van der Waals surface area contributed by atoms with E-state index in [1.54, 1.807) is 0 Å². The molecule has 0 aliphatic carbocycles. The minimum absolute atomic E-state index is 0.734. The lowest BCUT2D eigenvalue weighted by atomic mass is 10.1. The van der Waals surface area contributed by atoms with Gasteiger partial charge in [0.1, 0.15) is 0 Å². The average molecular weight is 252 g/mol. The zero-order valence-corrected chi connectivity index (χ0v) is 10.7. The predicted molar refractivity (Wildman–Crippen MR) is 74.8 cm³/mol. The Bertz CT molecular complexity index is 645. The molecule has 0 atom stereocenters. The number of hydrogen-bond acceptors (Lipinski definition) is 3. The summed E-state index contributed by atoms with van der Waals surface area (Å²) in [7, 11) is 0. The van der Waals surface area contributed by atoms with Crippen molar-refractivity contribution in [3.05, 3.63) is 66.1 Å². The molecule has 19 heavy (non-hydrogen) atoms. The molecule has 1 aromatic carbocycles. The van der Waals surface area contributed by atoms with Crippen LogP contribution < -0.4 is 5.32 Å². The highest BCUT2D eigenvalue weighted by Gasteiger charge is 2.03. The highest BCUT2D eigenvalue weighted by Crippen LogP contribution is 2.02. The fraction of sp³-hybridized carbons (Fsp3) is 0.200. The number of aromatic nitrogens is 3.